The average Bonchev–Trinajstić information content (AvgIpc) is 2.67. The maximum absolute atomic E-state index is 11.8. The van der Waals surface area contributed by atoms with E-state index in [9.17, 15) is 19.5 Å². The minimum absolute atomic E-state index is 0.0362. The third-order valence-corrected chi connectivity index (χ3v) is 7.22. The van der Waals surface area contributed by atoms with Crippen molar-refractivity contribution in [2.45, 2.75) is 115 Å². The summed E-state index contributed by atoms with van der Waals surface area (Å²) < 4.78 is 12.1. The van der Waals surface area contributed by atoms with E-state index < -0.39 is 12.9 Å². The first-order valence-electron chi connectivity index (χ1n) is 12.9. The van der Waals surface area contributed by atoms with Gasteiger partial charge in [-0.1, -0.05) is 76.2 Å². The van der Waals surface area contributed by atoms with E-state index >= 15 is 0 Å². The van der Waals surface area contributed by atoms with E-state index in [1.54, 1.807) is 0 Å². The lowest BCUT2D eigenvalue weighted by molar-refractivity contribution is -0.875. The molecule has 0 spiro atoms. The highest BCUT2D eigenvalue weighted by atomic mass is 31.2. The van der Waals surface area contributed by atoms with E-state index in [1.807, 2.05) is 21.1 Å². The lowest BCUT2D eigenvalue weighted by Gasteiger charge is -2.35. The first-order chi connectivity index (χ1) is 15.0. The van der Waals surface area contributed by atoms with E-state index in [0.717, 1.165) is 12.8 Å². The van der Waals surface area contributed by atoms with Gasteiger partial charge in [0.1, 0.15) is 6.54 Å². The van der Waals surface area contributed by atoms with Gasteiger partial charge in [-0.3, -0.25) is 4.57 Å². The number of hydrogen-bond acceptors (Lipinski definition) is 2. The fourth-order valence-electron chi connectivity index (χ4n) is 3.97. The molecule has 1 atom stereocenters. The zero-order valence-corrected chi connectivity index (χ0v) is 22.4. The molecule has 0 aromatic heterocycles. The molecule has 0 radical (unpaired) electrons. The fourth-order valence-corrected chi connectivity index (χ4v) is 5.03. The number of unbranched alkanes of at least 4 members (excludes halogenated alkanes) is 12. The summed E-state index contributed by atoms with van der Waals surface area (Å²) in [4.78, 5) is 19.2. The Morgan fingerprint density at radius 3 is 1.47 bits per heavy atom. The van der Waals surface area contributed by atoms with Gasteiger partial charge in [0.15, 0.2) is 0 Å². The van der Waals surface area contributed by atoms with Gasteiger partial charge in [-0.25, -0.2) is 0 Å². The van der Waals surface area contributed by atoms with Crippen LogP contribution in [0.25, 0.3) is 0 Å². The van der Waals surface area contributed by atoms with Gasteiger partial charge in [-0.15, -0.1) is 0 Å². The van der Waals surface area contributed by atoms with Crippen molar-refractivity contribution in [3.8, 4) is 0 Å². The van der Waals surface area contributed by atoms with E-state index in [4.69, 9.17) is 0 Å². The SMILES string of the molecule is CCCCCCCCC/C=C\CCCCC/C=C\CCCC(O)(C[N+](C)(C)C)P(=O)(O)O. The molecule has 0 aliphatic carbocycles. The summed E-state index contributed by atoms with van der Waals surface area (Å²) in [6, 6.07) is 0. The number of rotatable bonds is 21. The molecule has 32 heavy (non-hydrogen) atoms. The number of aliphatic hydroxyl groups is 1. The fraction of sp³-hybridized carbons (Fsp3) is 0.846. The van der Waals surface area contributed by atoms with Crippen LogP contribution in [0.4, 0.5) is 0 Å². The molecule has 0 fully saturated rings. The van der Waals surface area contributed by atoms with Crippen molar-refractivity contribution < 1.29 is 23.9 Å². The maximum atomic E-state index is 11.8. The van der Waals surface area contributed by atoms with Crippen molar-refractivity contribution >= 4 is 7.60 Å². The van der Waals surface area contributed by atoms with Gasteiger partial charge in [0, 0.05) is 0 Å². The number of quaternary nitrogens is 1. The van der Waals surface area contributed by atoms with Crippen LogP contribution < -0.4 is 0 Å². The number of likely N-dealkylation sites (N-methyl/N-ethyl adjacent to an activating group) is 1. The van der Waals surface area contributed by atoms with Crippen LogP contribution in [0, 0.1) is 0 Å². The Morgan fingerprint density at radius 2 is 1.06 bits per heavy atom. The van der Waals surface area contributed by atoms with Gasteiger partial charge in [0.2, 0.25) is 5.34 Å². The van der Waals surface area contributed by atoms with E-state index in [0.29, 0.717) is 10.9 Å². The highest BCUT2D eigenvalue weighted by molar-refractivity contribution is 7.53. The molecule has 0 bridgehead atoms. The Kier molecular flexibility index (Phi) is 17.7. The minimum Gasteiger partial charge on any atom is -0.373 e. The Labute approximate surface area is 198 Å². The van der Waals surface area contributed by atoms with E-state index in [1.165, 1.54) is 77.0 Å². The van der Waals surface area contributed by atoms with Crippen molar-refractivity contribution in [3.63, 3.8) is 0 Å². The summed E-state index contributed by atoms with van der Waals surface area (Å²) in [6.07, 6.45) is 27.0. The Morgan fingerprint density at radius 1 is 0.688 bits per heavy atom. The molecule has 0 aromatic rings. The number of nitrogens with zero attached hydrogens (tertiary/aromatic N) is 1. The van der Waals surface area contributed by atoms with Crippen molar-refractivity contribution in [2.24, 2.45) is 0 Å². The van der Waals surface area contributed by atoms with Crippen LogP contribution in [0.5, 0.6) is 0 Å². The molecule has 0 heterocycles. The number of hydrogen-bond donors (Lipinski definition) is 3. The summed E-state index contributed by atoms with van der Waals surface area (Å²) in [5.74, 6) is 0. The standard InChI is InChI=1S/C26H52NO4P/c1-5-6-7-8-9-10-11-12-13-14-15-16-17-18-19-20-21-22-23-24-26(28,32(29,30)31)25-27(2,3)4/h13-14,20-21,28H,5-12,15-19,22-25H2,1-4H3,(H-,29,30,31)/p+1/b14-13-,21-20-. The van der Waals surface area contributed by atoms with Crippen LogP contribution in [0.2, 0.25) is 0 Å². The van der Waals surface area contributed by atoms with Crippen molar-refractivity contribution in [1.82, 2.24) is 0 Å². The molecule has 0 aliphatic rings. The van der Waals surface area contributed by atoms with Crippen molar-refractivity contribution in [3.05, 3.63) is 24.3 Å². The van der Waals surface area contributed by atoms with Gasteiger partial charge in [0.05, 0.1) is 21.1 Å². The lowest BCUT2D eigenvalue weighted by atomic mass is 10.1. The maximum Gasteiger partial charge on any atom is 0.362 e. The third-order valence-electron chi connectivity index (χ3n) is 5.77. The van der Waals surface area contributed by atoms with Gasteiger partial charge in [0.25, 0.3) is 0 Å². The van der Waals surface area contributed by atoms with E-state index in [-0.39, 0.29) is 13.0 Å². The molecule has 190 valence electrons. The normalized spacial score (nSPS) is 15.1. The molecule has 1 unspecified atom stereocenters. The molecule has 0 aromatic carbocycles. The molecule has 5 nitrogen and oxygen atoms in total. The summed E-state index contributed by atoms with van der Waals surface area (Å²) in [5.41, 5.74) is 0. The van der Waals surface area contributed by atoms with Crippen LogP contribution in [-0.2, 0) is 4.57 Å². The van der Waals surface area contributed by atoms with Crippen LogP contribution in [0.15, 0.2) is 24.3 Å². The monoisotopic (exact) mass is 474 g/mol. The smallest absolute Gasteiger partial charge is 0.362 e. The van der Waals surface area contributed by atoms with E-state index in [2.05, 4.69) is 31.2 Å². The largest absolute Gasteiger partial charge is 0.373 e. The first kappa shape index (κ1) is 31.6. The zero-order valence-electron chi connectivity index (χ0n) is 21.5. The third kappa shape index (κ3) is 18.0. The Hall–Kier alpha value is -0.450. The molecule has 0 aliphatic heterocycles. The van der Waals surface area contributed by atoms with Crippen LogP contribution in [0.1, 0.15) is 110 Å². The summed E-state index contributed by atoms with van der Waals surface area (Å²) in [7, 11) is 0.911. The zero-order chi connectivity index (χ0) is 24.3. The Balaban J connectivity index is 3.71. The number of allylic oxidation sites excluding steroid dienone is 4. The van der Waals surface area contributed by atoms with Gasteiger partial charge in [-0.2, -0.15) is 0 Å². The van der Waals surface area contributed by atoms with Gasteiger partial charge >= 0.3 is 7.60 Å². The van der Waals surface area contributed by atoms with Gasteiger partial charge < -0.3 is 19.4 Å². The molecule has 6 heteroatoms. The summed E-state index contributed by atoms with van der Waals surface area (Å²) in [5, 5.41) is 8.58. The van der Waals surface area contributed by atoms with Crippen LogP contribution in [-0.4, -0.2) is 52.4 Å². The molecule has 0 saturated carbocycles. The molecule has 3 N–H and O–H groups in total. The quantitative estimate of drug-likeness (QED) is 0.0729. The minimum atomic E-state index is -4.57. The first-order valence-corrected chi connectivity index (χ1v) is 14.5. The molecule has 0 saturated heterocycles. The lowest BCUT2D eigenvalue weighted by Crippen LogP contribution is -2.49. The molecular weight excluding hydrogens is 421 g/mol. The van der Waals surface area contributed by atoms with Gasteiger partial charge in [-0.05, 0) is 57.8 Å². The highest BCUT2D eigenvalue weighted by Gasteiger charge is 2.48. The predicted octanol–water partition coefficient (Wildman–Crippen LogP) is 6.93. The predicted molar refractivity (Wildman–Crippen MR) is 138 cm³/mol. The molecule has 0 amide bonds. The molecular formula is C26H53NO4P+. The molecule has 0 rings (SSSR count). The second-order valence-corrected chi connectivity index (χ2v) is 12.3. The second kappa shape index (κ2) is 18.0. The summed E-state index contributed by atoms with van der Waals surface area (Å²) in [6.45, 7) is 2.30. The topological polar surface area (TPSA) is 77.8 Å². The average molecular weight is 475 g/mol. The van der Waals surface area contributed by atoms with Crippen LogP contribution in [0.3, 0.4) is 0 Å². The highest BCUT2D eigenvalue weighted by Crippen LogP contribution is 2.52. The summed E-state index contributed by atoms with van der Waals surface area (Å²) >= 11 is 0. The second-order valence-electron chi connectivity index (χ2n) is 10.4. The van der Waals surface area contributed by atoms with Crippen LogP contribution >= 0.6 is 7.60 Å². The van der Waals surface area contributed by atoms with Crippen molar-refractivity contribution in [1.29, 1.82) is 0 Å². The van der Waals surface area contributed by atoms with Crippen molar-refractivity contribution in [2.75, 3.05) is 27.7 Å². The Bertz CT molecular complexity index is 551.